The molecule has 2 aromatic rings. The lowest BCUT2D eigenvalue weighted by Gasteiger charge is -2.13. The summed E-state index contributed by atoms with van der Waals surface area (Å²) in [7, 11) is 0. The molecule has 0 spiro atoms. The van der Waals surface area contributed by atoms with E-state index in [4.69, 9.17) is 5.73 Å². The van der Waals surface area contributed by atoms with Crippen LogP contribution in [-0.2, 0) is 6.54 Å². The summed E-state index contributed by atoms with van der Waals surface area (Å²) >= 11 is 0. The van der Waals surface area contributed by atoms with Crippen molar-refractivity contribution in [2.75, 3.05) is 5.32 Å². The van der Waals surface area contributed by atoms with Crippen LogP contribution in [0.15, 0.2) is 36.4 Å². The predicted octanol–water partition coefficient (Wildman–Crippen LogP) is 2.92. The van der Waals surface area contributed by atoms with Crippen molar-refractivity contribution >= 4 is 17.3 Å². The van der Waals surface area contributed by atoms with Crippen LogP contribution < -0.4 is 11.1 Å². The number of para-hydroxylation sites is 1. The van der Waals surface area contributed by atoms with E-state index in [9.17, 15) is 14.9 Å². The molecule has 0 heterocycles. The van der Waals surface area contributed by atoms with Crippen LogP contribution in [0, 0.1) is 24.0 Å². The van der Waals surface area contributed by atoms with Crippen LogP contribution in [0.2, 0.25) is 0 Å². The van der Waals surface area contributed by atoms with Gasteiger partial charge in [0, 0.05) is 29.4 Å². The molecule has 0 bridgehead atoms. The lowest BCUT2D eigenvalue weighted by molar-refractivity contribution is -0.385. The maximum atomic E-state index is 11.2. The number of nitro benzene ring substituents is 1. The number of rotatable bonds is 5. The summed E-state index contributed by atoms with van der Waals surface area (Å²) in [5.74, 6) is -0.683. The Hall–Kier alpha value is -2.89. The zero-order valence-corrected chi connectivity index (χ0v) is 12.4. The lowest BCUT2D eigenvalue weighted by Crippen LogP contribution is -2.12. The minimum Gasteiger partial charge on any atom is -0.380 e. The van der Waals surface area contributed by atoms with E-state index in [1.807, 2.05) is 32.0 Å². The molecule has 6 heteroatoms. The molecule has 0 aliphatic heterocycles. The molecule has 22 heavy (non-hydrogen) atoms. The van der Waals surface area contributed by atoms with E-state index in [0.29, 0.717) is 12.1 Å². The Bertz CT molecular complexity index is 721. The molecule has 1 amide bonds. The normalized spacial score (nSPS) is 10.3. The van der Waals surface area contributed by atoms with E-state index in [0.717, 1.165) is 16.8 Å². The third kappa shape index (κ3) is 3.22. The highest BCUT2D eigenvalue weighted by Crippen LogP contribution is 2.24. The first-order chi connectivity index (χ1) is 10.4. The molecule has 0 saturated carbocycles. The van der Waals surface area contributed by atoms with Gasteiger partial charge >= 0.3 is 0 Å². The van der Waals surface area contributed by atoms with Gasteiger partial charge in [0.2, 0.25) is 5.91 Å². The van der Waals surface area contributed by atoms with E-state index in [2.05, 4.69) is 5.32 Å². The Morgan fingerprint density at radius 2 is 1.86 bits per heavy atom. The summed E-state index contributed by atoms with van der Waals surface area (Å²) in [6.45, 7) is 4.24. The molecule has 3 N–H and O–H groups in total. The summed E-state index contributed by atoms with van der Waals surface area (Å²) in [5, 5.41) is 14.4. The molecule has 6 nitrogen and oxygen atoms in total. The van der Waals surface area contributed by atoms with Crippen molar-refractivity contribution in [2.24, 2.45) is 5.73 Å². The number of nitrogens with two attached hydrogens (primary N) is 1. The fourth-order valence-corrected chi connectivity index (χ4v) is 2.31. The van der Waals surface area contributed by atoms with Crippen molar-refractivity contribution in [3.63, 3.8) is 0 Å². The Balaban J connectivity index is 2.30. The molecule has 0 aromatic heterocycles. The van der Waals surface area contributed by atoms with Gasteiger partial charge in [-0.3, -0.25) is 14.9 Å². The fraction of sp³-hybridized carbons (Fsp3) is 0.188. The maximum absolute atomic E-state index is 11.2. The molecule has 0 atom stereocenters. The van der Waals surface area contributed by atoms with Crippen molar-refractivity contribution < 1.29 is 9.72 Å². The van der Waals surface area contributed by atoms with Gasteiger partial charge in [-0.2, -0.15) is 0 Å². The second kappa shape index (κ2) is 6.26. The lowest BCUT2D eigenvalue weighted by atomic mass is 10.1. The van der Waals surface area contributed by atoms with E-state index in [1.165, 1.54) is 12.1 Å². The Labute approximate surface area is 128 Å². The first-order valence-corrected chi connectivity index (χ1v) is 6.77. The second-order valence-corrected chi connectivity index (χ2v) is 5.09. The molecule has 2 rings (SSSR count). The first-order valence-electron chi connectivity index (χ1n) is 6.77. The zero-order valence-electron chi connectivity index (χ0n) is 12.4. The smallest absolute Gasteiger partial charge is 0.275 e. The van der Waals surface area contributed by atoms with Gasteiger partial charge in [-0.15, -0.1) is 0 Å². The number of hydrogen-bond acceptors (Lipinski definition) is 4. The van der Waals surface area contributed by atoms with Crippen LogP contribution in [0.1, 0.15) is 27.0 Å². The number of hydrogen-bond donors (Lipinski definition) is 2. The summed E-state index contributed by atoms with van der Waals surface area (Å²) in [6, 6.07) is 10.2. The molecule has 2 aromatic carbocycles. The SMILES string of the molecule is Cc1cccc(C)c1NCc1ccc(C(N)=O)cc1[N+](=O)[O-]. The molecule has 0 fully saturated rings. The summed E-state index contributed by atoms with van der Waals surface area (Å²) < 4.78 is 0. The van der Waals surface area contributed by atoms with Crippen molar-refractivity contribution in [1.82, 2.24) is 0 Å². The van der Waals surface area contributed by atoms with Crippen LogP contribution in [0.4, 0.5) is 11.4 Å². The third-order valence-electron chi connectivity index (χ3n) is 3.50. The number of nitro groups is 1. The average Bonchev–Trinajstić information content (AvgIpc) is 2.46. The summed E-state index contributed by atoms with van der Waals surface area (Å²) in [5.41, 5.74) is 8.76. The largest absolute Gasteiger partial charge is 0.380 e. The van der Waals surface area contributed by atoms with E-state index in [-0.39, 0.29) is 11.3 Å². The van der Waals surface area contributed by atoms with Crippen LogP contribution in [0.25, 0.3) is 0 Å². The van der Waals surface area contributed by atoms with Gasteiger partial charge in [0.25, 0.3) is 5.69 Å². The minimum atomic E-state index is -0.683. The summed E-state index contributed by atoms with van der Waals surface area (Å²) in [6.07, 6.45) is 0. The highest BCUT2D eigenvalue weighted by Gasteiger charge is 2.16. The van der Waals surface area contributed by atoms with Gasteiger partial charge in [-0.05, 0) is 37.1 Å². The van der Waals surface area contributed by atoms with Crippen molar-refractivity contribution in [3.8, 4) is 0 Å². The molecule has 0 aliphatic carbocycles. The van der Waals surface area contributed by atoms with Crippen LogP contribution in [-0.4, -0.2) is 10.8 Å². The number of primary amides is 1. The predicted molar refractivity (Wildman–Crippen MR) is 84.9 cm³/mol. The van der Waals surface area contributed by atoms with Gasteiger partial charge in [0.05, 0.1) is 4.92 Å². The number of amides is 1. The number of carbonyl (C=O) groups excluding carboxylic acids is 1. The number of aryl methyl sites for hydroxylation is 2. The standard InChI is InChI=1S/C16H17N3O3/c1-10-4-3-5-11(2)15(10)18-9-13-7-6-12(16(17)20)8-14(13)19(21)22/h3-8,18H,9H2,1-2H3,(H2,17,20). The molecule has 0 unspecified atom stereocenters. The fourth-order valence-electron chi connectivity index (χ4n) is 2.31. The number of nitrogens with one attached hydrogen (secondary N) is 1. The average molecular weight is 299 g/mol. The van der Waals surface area contributed by atoms with Crippen molar-refractivity contribution in [1.29, 1.82) is 0 Å². The molecule has 0 radical (unpaired) electrons. The van der Waals surface area contributed by atoms with Gasteiger partial charge in [0.15, 0.2) is 0 Å². The van der Waals surface area contributed by atoms with Crippen molar-refractivity contribution in [2.45, 2.75) is 20.4 Å². The van der Waals surface area contributed by atoms with Crippen LogP contribution >= 0.6 is 0 Å². The highest BCUT2D eigenvalue weighted by molar-refractivity contribution is 5.93. The summed E-state index contributed by atoms with van der Waals surface area (Å²) in [4.78, 5) is 21.8. The Kier molecular flexibility index (Phi) is 4.41. The second-order valence-electron chi connectivity index (χ2n) is 5.09. The molecule has 0 saturated heterocycles. The number of anilines is 1. The molecular formula is C16H17N3O3. The van der Waals surface area contributed by atoms with Crippen LogP contribution in [0.5, 0.6) is 0 Å². The molecular weight excluding hydrogens is 282 g/mol. The Morgan fingerprint density at radius 1 is 1.23 bits per heavy atom. The van der Waals surface area contributed by atoms with E-state index >= 15 is 0 Å². The van der Waals surface area contributed by atoms with E-state index in [1.54, 1.807) is 6.07 Å². The Morgan fingerprint density at radius 3 is 2.41 bits per heavy atom. The molecule has 0 aliphatic rings. The number of nitrogens with zero attached hydrogens (tertiary/aromatic N) is 1. The highest BCUT2D eigenvalue weighted by atomic mass is 16.6. The number of benzene rings is 2. The number of carbonyl (C=O) groups is 1. The quantitative estimate of drug-likeness (QED) is 0.655. The van der Waals surface area contributed by atoms with Crippen molar-refractivity contribution in [3.05, 3.63) is 68.8 Å². The van der Waals surface area contributed by atoms with Crippen LogP contribution in [0.3, 0.4) is 0 Å². The maximum Gasteiger partial charge on any atom is 0.275 e. The van der Waals surface area contributed by atoms with E-state index < -0.39 is 10.8 Å². The van der Waals surface area contributed by atoms with Gasteiger partial charge in [0.1, 0.15) is 0 Å². The topological polar surface area (TPSA) is 98.3 Å². The third-order valence-corrected chi connectivity index (χ3v) is 3.50. The van der Waals surface area contributed by atoms with Gasteiger partial charge < -0.3 is 11.1 Å². The van der Waals surface area contributed by atoms with Gasteiger partial charge in [-0.25, -0.2) is 0 Å². The monoisotopic (exact) mass is 299 g/mol. The van der Waals surface area contributed by atoms with Gasteiger partial charge in [-0.1, -0.05) is 18.2 Å². The molecule has 114 valence electrons. The first kappa shape index (κ1) is 15.5. The minimum absolute atomic E-state index is 0.116. The zero-order chi connectivity index (χ0) is 16.3.